The van der Waals surface area contributed by atoms with E-state index in [0.29, 0.717) is 11.6 Å². The highest BCUT2D eigenvalue weighted by atomic mass is 19.4. The second kappa shape index (κ2) is 6.63. The van der Waals surface area contributed by atoms with Crippen LogP contribution >= 0.6 is 0 Å². The molecule has 0 spiro atoms. The SMILES string of the molecule is C=C(C)CN(CC)c1cc([N+](=O)[O-])c(C(F)(F)F)cc1[N+](=O)[O-]. The summed E-state index contributed by atoms with van der Waals surface area (Å²) in [5, 5.41) is 22.0. The summed E-state index contributed by atoms with van der Waals surface area (Å²) in [6.07, 6.45) is -5.07. The van der Waals surface area contributed by atoms with Crippen molar-refractivity contribution in [2.75, 3.05) is 18.0 Å². The van der Waals surface area contributed by atoms with Crippen molar-refractivity contribution in [2.45, 2.75) is 20.0 Å². The zero-order chi connectivity index (χ0) is 17.9. The molecule has 0 fully saturated rings. The van der Waals surface area contributed by atoms with Gasteiger partial charge in [0.1, 0.15) is 11.3 Å². The predicted molar refractivity (Wildman–Crippen MR) is 77.5 cm³/mol. The van der Waals surface area contributed by atoms with E-state index >= 15 is 0 Å². The zero-order valence-electron chi connectivity index (χ0n) is 12.4. The first-order valence-corrected chi connectivity index (χ1v) is 6.42. The number of nitro groups is 2. The summed E-state index contributed by atoms with van der Waals surface area (Å²) in [7, 11) is 0. The molecule has 0 amide bonds. The summed E-state index contributed by atoms with van der Waals surface area (Å²) < 4.78 is 38.8. The fourth-order valence-electron chi connectivity index (χ4n) is 2.04. The second-order valence-corrected chi connectivity index (χ2v) is 4.84. The smallest absolute Gasteiger partial charge is 0.362 e. The number of hydrogen-bond acceptors (Lipinski definition) is 5. The van der Waals surface area contributed by atoms with Crippen molar-refractivity contribution in [1.29, 1.82) is 0 Å². The topological polar surface area (TPSA) is 89.5 Å². The van der Waals surface area contributed by atoms with Gasteiger partial charge in [0.2, 0.25) is 0 Å². The van der Waals surface area contributed by atoms with E-state index in [-0.39, 0.29) is 24.8 Å². The van der Waals surface area contributed by atoms with E-state index < -0.39 is 33.0 Å². The van der Waals surface area contributed by atoms with E-state index in [2.05, 4.69) is 6.58 Å². The van der Waals surface area contributed by atoms with Crippen molar-refractivity contribution in [3.8, 4) is 0 Å². The molecule has 0 heterocycles. The van der Waals surface area contributed by atoms with Gasteiger partial charge in [-0.3, -0.25) is 20.2 Å². The molecular weight excluding hydrogens is 319 g/mol. The number of hydrogen-bond donors (Lipinski definition) is 0. The van der Waals surface area contributed by atoms with E-state index in [4.69, 9.17) is 0 Å². The first-order valence-electron chi connectivity index (χ1n) is 6.42. The predicted octanol–water partition coefficient (Wildman–Crippen LogP) is 3.92. The summed E-state index contributed by atoms with van der Waals surface area (Å²) in [4.78, 5) is 21.2. The number of alkyl halides is 3. The van der Waals surface area contributed by atoms with Gasteiger partial charge in [-0.25, -0.2) is 0 Å². The highest BCUT2D eigenvalue weighted by molar-refractivity contribution is 5.70. The van der Waals surface area contributed by atoms with Crippen LogP contribution in [0.1, 0.15) is 19.4 Å². The van der Waals surface area contributed by atoms with Crippen LogP contribution in [0.25, 0.3) is 0 Å². The van der Waals surface area contributed by atoms with Crippen LogP contribution in [0.2, 0.25) is 0 Å². The molecule has 0 saturated carbocycles. The van der Waals surface area contributed by atoms with Crippen LogP contribution in [0.3, 0.4) is 0 Å². The molecule has 0 aromatic heterocycles. The third-order valence-corrected chi connectivity index (χ3v) is 2.97. The summed E-state index contributed by atoms with van der Waals surface area (Å²) >= 11 is 0. The highest BCUT2D eigenvalue weighted by Gasteiger charge is 2.41. The Bertz CT molecular complexity index is 659. The monoisotopic (exact) mass is 333 g/mol. The molecule has 1 rings (SSSR count). The van der Waals surface area contributed by atoms with Gasteiger partial charge in [-0.05, 0) is 13.8 Å². The number of nitro benzene ring substituents is 2. The van der Waals surface area contributed by atoms with Crippen LogP contribution in [0.15, 0.2) is 24.3 Å². The lowest BCUT2D eigenvalue weighted by Crippen LogP contribution is -2.26. The Morgan fingerprint density at radius 1 is 1.22 bits per heavy atom. The summed E-state index contributed by atoms with van der Waals surface area (Å²) in [6.45, 7) is 7.21. The van der Waals surface area contributed by atoms with E-state index in [1.807, 2.05) is 0 Å². The second-order valence-electron chi connectivity index (χ2n) is 4.84. The number of anilines is 1. The van der Waals surface area contributed by atoms with Gasteiger partial charge in [-0.15, -0.1) is 0 Å². The molecular formula is C13H14F3N3O4. The van der Waals surface area contributed by atoms with Gasteiger partial charge in [0.05, 0.1) is 9.85 Å². The van der Waals surface area contributed by atoms with Crippen LogP contribution < -0.4 is 4.90 Å². The fraction of sp³-hybridized carbons (Fsp3) is 0.385. The molecule has 0 aliphatic heterocycles. The van der Waals surface area contributed by atoms with Crippen molar-refractivity contribution in [2.24, 2.45) is 0 Å². The maximum Gasteiger partial charge on any atom is 0.423 e. The standard InChI is InChI=1S/C13H14F3N3O4/c1-4-17(7-8(2)3)11-6-10(18(20)21)9(13(14,15)16)5-12(11)19(22)23/h5-6H,2,4,7H2,1,3H3. The Labute approximate surface area is 129 Å². The lowest BCUT2D eigenvalue weighted by Gasteiger charge is -2.23. The molecule has 23 heavy (non-hydrogen) atoms. The van der Waals surface area contributed by atoms with Crippen LogP contribution in [-0.4, -0.2) is 22.9 Å². The Morgan fingerprint density at radius 2 is 1.74 bits per heavy atom. The van der Waals surface area contributed by atoms with Crippen LogP contribution in [-0.2, 0) is 6.18 Å². The molecule has 0 radical (unpaired) electrons. The minimum atomic E-state index is -5.07. The van der Waals surface area contributed by atoms with Crippen molar-refractivity contribution in [1.82, 2.24) is 0 Å². The molecule has 0 N–H and O–H groups in total. The Balaban J connectivity index is 3.69. The van der Waals surface area contributed by atoms with Crippen molar-refractivity contribution >= 4 is 17.1 Å². The summed E-state index contributed by atoms with van der Waals surface area (Å²) in [6, 6.07) is 0.794. The number of likely N-dealkylation sites (N-methyl/N-ethyl adjacent to an activating group) is 1. The van der Waals surface area contributed by atoms with Crippen LogP contribution in [0.4, 0.5) is 30.2 Å². The first-order chi connectivity index (χ1) is 10.5. The lowest BCUT2D eigenvalue weighted by molar-refractivity contribution is -0.391. The molecule has 1 aromatic carbocycles. The number of benzene rings is 1. The van der Waals surface area contributed by atoms with E-state index in [9.17, 15) is 33.4 Å². The Morgan fingerprint density at radius 3 is 2.09 bits per heavy atom. The van der Waals surface area contributed by atoms with Crippen LogP contribution in [0, 0.1) is 20.2 Å². The average molecular weight is 333 g/mol. The molecule has 0 aliphatic rings. The van der Waals surface area contributed by atoms with Gasteiger partial charge in [-0.2, -0.15) is 13.2 Å². The first kappa shape index (κ1) is 18.4. The van der Waals surface area contributed by atoms with E-state index in [1.54, 1.807) is 13.8 Å². The Kier molecular flexibility index (Phi) is 5.30. The minimum Gasteiger partial charge on any atom is -0.362 e. The molecule has 0 saturated heterocycles. The molecule has 126 valence electrons. The number of halogens is 3. The van der Waals surface area contributed by atoms with Gasteiger partial charge in [0.15, 0.2) is 0 Å². The summed E-state index contributed by atoms with van der Waals surface area (Å²) in [5.74, 6) is 0. The maximum absolute atomic E-state index is 12.9. The van der Waals surface area contributed by atoms with Crippen molar-refractivity contribution in [3.05, 3.63) is 50.1 Å². The molecule has 0 atom stereocenters. The largest absolute Gasteiger partial charge is 0.423 e. The van der Waals surface area contributed by atoms with Gasteiger partial charge in [-0.1, -0.05) is 12.2 Å². The molecule has 0 aliphatic carbocycles. The highest BCUT2D eigenvalue weighted by Crippen LogP contribution is 2.42. The fourth-order valence-corrected chi connectivity index (χ4v) is 2.04. The van der Waals surface area contributed by atoms with Gasteiger partial charge < -0.3 is 4.90 Å². The minimum absolute atomic E-state index is 0.125. The summed E-state index contributed by atoms with van der Waals surface area (Å²) in [5.41, 5.74) is -3.36. The van der Waals surface area contributed by atoms with Gasteiger partial charge in [0, 0.05) is 25.2 Å². The van der Waals surface area contributed by atoms with E-state index in [1.165, 1.54) is 4.90 Å². The van der Waals surface area contributed by atoms with Gasteiger partial charge in [0.25, 0.3) is 11.4 Å². The maximum atomic E-state index is 12.9. The third-order valence-electron chi connectivity index (χ3n) is 2.97. The number of rotatable bonds is 6. The number of nitrogens with zero attached hydrogens (tertiary/aromatic N) is 3. The third kappa shape index (κ3) is 4.18. The zero-order valence-corrected chi connectivity index (χ0v) is 12.4. The molecule has 0 bridgehead atoms. The quantitative estimate of drug-likeness (QED) is 0.447. The molecule has 7 nitrogen and oxygen atoms in total. The Hall–Kier alpha value is -2.65. The van der Waals surface area contributed by atoms with Crippen molar-refractivity contribution < 1.29 is 23.0 Å². The molecule has 1 aromatic rings. The van der Waals surface area contributed by atoms with E-state index in [0.717, 1.165) is 0 Å². The molecule has 10 heteroatoms. The van der Waals surface area contributed by atoms with Crippen LogP contribution in [0.5, 0.6) is 0 Å². The van der Waals surface area contributed by atoms with Gasteiger partial charge >= 0.3 is 6.18 Å². The molecule has 0 unspecified atom stereocenters. The lowest BCUT2D eigenvalue weighted by atomic mass is 10.1. The normalized spacial score (nSPS) is 11.2. The van der Waals surface area contributed by atoms with Crippen molar-refractivity contribution in [3.63, 3.8) is 0 Å². The average Bonchev–Trinajstić information content (AvgIpc) is 2.41.